The SMILES string of the molecule is C=CCC(C)c1cc(C)cc(F)c1. The second-order valence-corrected chi connectivity index (χ2v) is 3.49. The molecule has 70 valence electrons. The molecule has 1 heteroatoms. The highest BCUT2D eigenvalue weighted by molar-refractivity contribution is 5.26. The lowest BCUT2D eigenvalue weighted by molar-refractivity contribution is 0.620. The number of allylic oxidation sites excluding steroid dienone is 1. The van der Waals surface area contributed by atoms with Crippen LogP contribution in [0.5, 0.6) is 0 Å². The molecule has 0 radical (unpaired) electrons. The molecule has 1 rings (SSSR count). The molecule has 1 unspecified atom stereocenters. The maximum Gasteiger partial charge on any atom is 0.123 e. The van der Waals surface area contributed by atoms with E-state index < -0.39 is 0 Å². The van der Waals surface area contributed by atoms with E-state index in [0.717, 1.165) is 17.5 Å². The Kier molecular flexibility index (Phi) is 3.24. The van der Waals surface area contributed by atoms with Crippen LogP contribution in [0.3, 0.4) is 0 Å². The van der Waals surface area contributed by atoms with Crippen molar-refractivity contribution in [1.82, 2.24) is 0 Å². The zero-order valence-electron chi connectivity index (χ0n) is 8.18. The molecule has 0 fully saturated rings. The molecule has 0 saturated carbocycles. The molecule has 1 atom stereocenters. The van der Waals surface area contributed by atoms with Gasteiger partial charge in [0.15, 0.2) is 0 Å². The lowest BCUT2D eigenvalue weighted by Gasteiger charge is -2.09. The molecule has 1 aromatic carbocycles. The van der Waals surface area contributed by atoms with Crippen molar-refractivity contribution in [2.45, 2.75) is 26.2 Å². The Balaban J connectivity index is 2.93. The van der Waals surface area contributed by atoms with Crippen LogP contribution in [0.15, 0.2) is 30.9 Å². The lowest BCUT2D eigenvalue weighted by Crippen LogP contribution is -1.93. The molecule has 0 aliphatic heterocycles. The first-order chi connectivity index (χ1) is 6.13. The van der Waals surface area contributed by atoms with Gasteiger partial charge in [-0.1, -0.05) is 19.1 Å². The zero-order valence-corrected chi connectivity index (χ0v) is 8.18. The van der Waals surface area contributed by atoms with Crippen molar-refractivity contribution in [3.8, 4) is 0 Å². The topological polar surface area (TPSA) is 0 Å². The summed E-state index contributed by atoms with van der Waals surface area (Å²) in [6, 6.07) is 5.17. The first kappa shape index (κ1) is 9.97. The van der Waals surface area contributed by atoms with Gasteiger partial charge in [-0.25, -0.2) is 4.39 Å². The van der Waals surface area contributed by atoms with E-state index in [2.05, 4.69) is 13.5 Å². The third-order valence-corrected chi connectivity index (χ3v) is 2.15. The number of benzene rings is 1. The summed E-state index contributed by atoms with van der Waals surface area (Å²) in [7, 11) is 0. The summed E-state index contributed by atoms with van der Waals surface area (Å²) in [6.07, 6.45) is 2.76. The van der Waals surface area contributed by atoms with Gasteiger partial charge in [0, 0.05) is 0 Å². The van der Waals surface area contributed by atoms with Crippen LogP contribution in [0.1, 0.15) is 30.4 Å². The minimum Gasteiger partial charge on any atom is -0.207 e. The maximum absolute atomic E-state index is 13.0. The molecule has 0 aliphatic rings. The van der Waals surface area contributed by atoms with Crippen LogP contribution in [-0.4, -0.2) is 0 Å². The number of aryl methyl sites for hydroxylation is 1. The first-order valence-corrected chi connectivity index (χ1v) is 4.51. The van der Waals surface area contributed by atoms with Crippen LogP contribution in [0.2, 0.25) is 0 Å². The lowest BCUT2D eigenvalue weighted by atomic mass is 9.96. The molecule has 0 spiro atoms. The minimum atomic E-state index is -0.147. The summed E-state index contributed by atoms with van der Waals surface area (Å²) >= 11 is 0. The third-order valence-electron chi connectivity index (χ3n) is 2.15. The highest BCUT2D eigenvalue weighted by atomic mass is 19.1. The molecule has 0 aromatic heterocycles. The fourth-order valence-electron chi connectivity index (χ4n) is 1.44. The molecule has 1 aromatic rings. The molecule has 0 aliphatic carbocycles. The van der Waals surface area contributed by atoms with E-state index in [1.807, 2.05) is 19.1 Å². The quantitative estimate of drug-likeness (QED) is 0.617. The van der Waals surface area contributed by atoms with Crippen LogP contribution in [-0.2, 0) is 0 Å². The summed E-state index contributed by atoms with van der Waals surface area (Å²) in [5.41, 5.74) is 2.03. The average molecular weight is 178 g/mol. The highest BCUT2D eigenvalue weighted by Crippen LogP contribution is 2.21. The fourth-order valence-corrected chi connectivity index (χ4v) is 1.44. The Morgan fingerprint density at radius 3 is 2.69 bits per heavy atom. The zero-order chi connectivity index (χ0) is 9.84. The first-order valence-electron chi connectivity index (χ1n) is 4.51. The van der Waals surface area contributed by atoms with Gasteiger partial charge in [-0.3, -0.25) is 0 Å². The highest BCUT2D eigenvalue weighted by Gasteiger charge is 2.05. The normalized spacial score (nSPS) is 12.5. The van der Waals surface area contributed by atoms with Crippen molar-refractivity contribution >= 4 is 0 Å². The van der Waals surface area contributed by atoms with Gasteiger partial charge in [-0.15, -0.1) is 6.58 Å². The number of hydrogen-bond acceptors (Lipinski definition) is 0. The second-order valence-electron chi connectivity index (χ2n) is 3.49. The van der Waals surface area contributed by atoms with Gasteiger partial charge in [-0.05, 0) is 42.5 Å². The van der Waals surface area contributed by atoms with E-state index in [9.17, 15) is 4.39 Å². The van der Waals surface area contributed by atoms with E-state index in [4.69, 9.17) is 0 Å². The average Bonchev–Trinajstić information content (AvgIpc) is 2.03. The molecule has 0 N–H and O–H groups in total. The van der Waals surface area contributed by atoms with Gasteiger partial charge in [0.25, 0.3) is 0 Å². The van der Waals surface area contributed by atoms with Crippen LogP contribution in [0, 0.1) is 12.7 Å². The maximum atomic E-state index is 13.0. The van der Waals surface area contributed by atoms with Crippen molar-refractivity contribution in [1.29, 1.82) is 0 Å². The van der Waals surface area contributed by atoms with Crippen molar-refractivity contribution in [2.24, 2.45) is 0 Å². The Hall–Kier alpha value is -1.11. The smallest absolute Gasteiger partial charge is 0.123 e. The summed E-state index contributed by atoms with van der Waals surface area (Å²) in [6.45, 7) is 7.67. The largest absolute Gasteiger partial charge is 0.207 e. The molecule has 0 amide bonds. The van der Waals surface area contributed by atoms with Crippen LogP contribution < -0.4 is 0 Å². The van der Waals surface area contributed by atoms with E-state index in [0.29, 0.717) is 5.92 Å². The molecular weight excluding hydrogens is 163 g/mol. The van der Waals surface area contributed by atoms with Gasteiger partial charge >= 0.3 is 0 Å². The Labute approximate surface area is 79.1 Å². The Morgan fingerprint density at radius 2 is 2.15 bits per heavy atom. The summed E-state index contributed by atoms with van der Waals surface area (Å²) in [5.74, 6) is 0.206. The van der Waals surface area contributed by atoms with Crippen molar-refractivity contribution in [3.05, 3.63) is 47.8 Å². The van der Waals surface area contributed by atoms with E-state index in [1.165, 1.54) is 0 Å². The molecular formula is C12H15F. The summed E-state index contributed by atoms with van der Waals surface area (Å²) in [5, 5.41) is 0. The number of hydrogen-bond donors (Lipinski definition) is 0. The van der Waals surface area contributed by atoms with Gasteiger partial charge in [0.05, 0.1) is 0 Å². The predicted molar refractivity (Wildman–Crippen MR) is 54.4 cm³/mol. The van der Waals surface area contributed by atoms with E-state index in [-0.39, 0.29) is 5.82 Å². The van der Waals surface area contributed by atoms with Gasteiger partial charge < -0.3 is 0 Å². The number of halogens is 1. The molecule has 0 heterocycles. The fraction of sp³-hybridized carbons (Fsp3) is 0.333. The monoisotopic (exact) mass is 178 g/mol. The van der Waals surface area contributed by atoms with Gasteiger partial charge in [0.1, 0.15) is 5.82 Å². The van der Waals surface area contributed by atoms with Crippen LogP contribution in [0.25, 0.3) is 0 Å². The van der Waals surface area contributed by atoms with Gasteiger partial charge in [-0.2, -0.15) is 0 Å². The second kappa shape index (κ2) is 4.22. The van der Waals surface area contributed by atoms with Crippen LogP contribution >= 0.6 is 0 Å². The predicted octanol–water partition coefficient (Wildman–Crippen LogP) is 3.81. The Morgan fingerprint density at radius 1 is 1.46 bits per heavy atom. The van der Waals surface area contributed by atoms with Gasteiger partial charge in [0.2, 0.25) is 0 Å². The standard InChI is InChI=1S/C12H15F/c1-4-5-10(3)11-6-9(2)7-12(13)8-11/h4,6-8,10H,1,5H2,2-3H3. The minimum absolute atomic E-state index is 0.147. The molecule has 0 saturated heterocycles. The Bertz CT molecular complexity index is 282. The van der Waals surface area contributed by atoms with Crippen LogP contribution in [0.4, 0.5) is 4.39 Å². The molecule has 13 heavy (non-hydrogen) atoms. The summed E-state index contributed by atoms with van der Waals surface area (Å²) < 4.78 is 13.0. The summed E-state index contributed by atoms with van der Waals surface area (Å²) in [4.78, 5) is 0. The van der Waals surface area contributed by atoms with Crippen molar-refractivity contribution in [2.75, 3.05) is 0 Å². The van der Waals surface area contributed by atoms with E-state index in [1.54, 1.807) is 12.1 Å². The van der Waals surface area contributed by atoms with Crippen molar-refractivity contribution in [3.63, 3.8) is 0 Å². The number of rotatable bonds is 3. The molecule has 0 nitrogen and oxygen atoms in total. The van der Waals surface area contributed by atoms with E-state index >= 15 is 0 Å². The third kappa shape index (κ3) is 2.69. The molecule has 0 bridgehead atoms. The van der Waals surface area contributed by atoms with Crippen molar-refractivity contribution < 1.29 is 4.39 Å².